The van der Waals surface area contributed by atoms with Crippen LogP contribution in [0.15, 0.2) is 18.2 Å². The van der Waals surface area contributed by atoms with Gasteiger partial charge in [0.15, 0.2) is 0 Å². The molecule has 0 bridgehead atoms. The monoisotopic (exact) mass is 326 g/mol. The van der Waals surface area contributed by atoms with Crippen molar-refractivity contribution in [3.05, 3.63) is 29.3 Å². The number of methoxy groups -OCH3 is 1. The van der Waals surface area contributed by atoms with E-state index in [1.165, 1.54) is 7.11 Å². The van der Waals surface area contributed by atoms with Crippen LogP contribution in [0, 0.1) is 12.8 Å². The van der Waals surface area contributed by atoms with E-state index >= 15 is 0 Å². The lowest BCUT2D eigenvalue weighted by atomic mass is 9.94. The highest BCUT2D eigenvalue weighted by atomic mass is 35.5. The van der Waals surface area contributed by atoms with Crippen LogP contribution in [0.1, 0.15) is 35.2 Å². The maximum atomic E-state index is 12.1. The zero-order valence-electron chi connectivity index (χ0n) is 13.0. The Morgan fingerprint density at radius 2 is 2.00 bits per heavy atom. The summed E-state index contributed by atoms with van der Waals surface area (Å²) in [6.07, 6.45) is 2.60. The summed E-state index contributed by atoms with van der Waals surface area (Å²) in [7, 11) is 1.34. The Bertz CT molecular complexity index is 528. The molecule has 1 heterocycles. The summed E-state index contributed by atoms with van der Waals surface area (Å²) in [5.74, 6) is 0.0474. The largest absolute Gasteiger partial charge is 0.465 e. The number of piperidine rings is 1. The fourth-order valence-corrected chi connectivity index (χ4v) is 2.55. The molecule has 1 saturated heterocycles. The average Bonchev–Trinajstić information content (AvgIpc) is 2.49. The van der Waals surface area contributed by atoms with Crippen molar-refractivity contribution in [1.82, 2.24) is 5.32 Å². The van der Waals surface area contributed by atoms with Crippen molar-refractivity contribution >= 4 is 30.0 Å². The first-order valence-corrected chi connectivity index (χ1v) is 7.29. The first-order valence-electron chi connectivity index (χ1n) is 7.29. The quantitative estimate of drug-likeness (QED) is 0.834. The highest BCUT2D eigenvalue weighted by molar-refractivity contribution is 5.95. The fourth-order valence-electron chi connectivity index (χ4n) is 2.55. The molecule has 0 radical (unpaired) electrons. The van der Waals surface area contributed by atoms with Crippen molar-refractivity contribution in [3.8, 4) is 0 Å². The van der Waals surface area contributed by atoms with Crippen LogP contribution in [0.25, 0.3) is 0 Å². The number of esters is 1. The molecule has 0 unspecified atom stereocenters. The first kappa shape index (κ1) is 18.5. The average molecular weight is 327 g/mol. The van der Waals surface area contributed by atoms with E-state index in [4.69, 9.17) is 4.74 Å². The van der Waals surface area contributed by atoms with Crippen LogP contribution in [0.3, 0.4) is 0 Å². The van der Waals surface area contributed by atoms with Crippen LogP contribution in [-0.4, -0.2) is 32.1 Å². The van der Waals surface area contributed by atoms with Gasteiger partial charge >= 0.3 is 5.97 Å². The lowest BCUT2D eigenvalue weighted by Gasteiger charge is -2.22. The van der Waals surface area contributed by atoms with Gasteiger partial charge in [-0.2, -0.15) is 0 Å². The molecule has 0 saturated carbocycles. The van der Waals surface area contributed by atoms with Crippen LogP contribution in [-0.2, 0) is 9.53 Å². The summed E-state index contributed by atoms with van der Waals surface area (Å²) in [4.78, 5) is 23.7. The minimum atomic E-state index is -0.399. The Balaban J connectivity index is 0.00000242. The summed E-state index contributed by atoms with van der Waals surface area (Å²) in [5, 5.41) is 6.20. The summed E-state index contributed by atoms with van der Waals surface area (Å²) < 4.78 is 4.70. The Morgan fingerprint density at radius 1 is 1.32 bits per heavy atom. The molecule has 5 nitrogen and oxygen atoms in total. The molecular formula is C16H23ClN2O3. The summed E-state index contributed by atoms with van der Waals surface area (Å²) in [6.45, 7) is 3.87. The van der Waals surface area contributed by atoms with Crippen molar-refractivity contribution in [2.24, 2.45) is 5.92 Å². The van der Waals surface area contributed by atoms with Crippen molar-refractivity contribution in [2.75, 3.05) is 25.5 Å². The molecule has 0 atom stereocenters. The zero-order chi connectivity index (χ0) is 15.2. The van der Waals surface area contributed by atoms with Crippen LogP contribution < -0.4 is 10.6 Å². The van der Waals surface area contributed by atoms with Gasteiger partial charge in [0.25, 0.3) is 0 Å². The van der Waals surface area contributed by atoms with E-state index < -0.39 is 5.97 Å². The van der Waals surface area contributed by atoms with E-state index in [2.05, 4.69) is 10.6 Å². The smallest absolute Gasteiger partial charge is 0.337 e. The SMILES string of the molecule is COC(=O)c1ccc(C)c(NC(=O)CC2CCNCC2)c1.Cl. The standard InChI is InChI=1S/C16H22N2O3.ClH/c1-11-3-4-13(16(20)21-2)10-14(11)18-15(19)9-12-5-7-17-8-6-12;/h3-4,10,12,17H,5-9H2,1-2H3,(H,18,19);1H. The number of halogens is 1. The first-order chi connectivity index (χ1) is 10.1. The second-order valence-corrected chi connectivity index (χ2v) is 5.47. The molecule has 2 rings (SSSR count). The molecule has 1 aromatic carbocycles. The number of carbonyl (C=O) groups is 2. The van der Waals surface area contributed by atoms with Crippen molar-refractivity contribution < 1.29 is 14.3 Å². The van der Waals surface area contributed by atoms with Crippen LogP contribution in [0.2, 0.25) is 0 Å². The molecular weight excluding hydrogens is 304 g/mol. The normalized spacial score (nSPS) is 14.8. The number of carbonyl (C=O) groups excluding carboxylic acids is 2. The van der Waals surface area contributed by atoms with Gasteiger partial charge in [0.2, 0.25) is 5.91 Å². The van der Waals surface area contributed by atoms with E-state index in [1.807, 2.05) is 13.0 Å². The van der Waals surface area contributed by atoms with Gasteiger partial charge in [0, 0.05) is 12.1 Å². The third-order valence-electron chi connectivity index (χ3n) is 3.87. The van der Waals surface area contributed by atoms with Crippen LogP contribution in [0.5, 0.6) is 0 Å². The van der Waals surface area contributed by atoms with E-state index in [0.717, 1.165) is 31.5 Å². The lowest BCUT2D eigenvalue weighted by molar-refractivity contribution is -0.117. The van der Waals surface area contributed by atoms with Gasteiger partial charge in [-0.25, -0.2) is 4.79 Å². The summed E-state index contributed by atoms with van der Waals surface area (Å²) in [6, 6.07) is 5.18. The molecule has 1 aromatic rings. The van der Waals surface area contributed by atoms with Crippen molar-refractivity contribution in [3.63, 3.8) is 0 Å². The second kappa shape index (κ2) is 8.76. The van der Waals surface area contributed by atoms with Crippen LogP contribution in [0.4, 0.5) is 5.69 Å². The number of nitrogens with one attached hydrogen (secondary N) is 2. The molecule has 22 heavy (non-hydrogen) atoms. The zero-order valence-corrected chi connectivity index (χ0v) is 13.8. The number of hydrogen-bond acceptors (Lipinski definition) is 4. The fraction of sp³-hybridized carbons (Fsp3) is 0.500. The molecule has 122 valence electrons. The minimum Gasteiger partial charge on any atom is -0.465 e. The Morgan fingerprint density at radius 3 is 2.64 bits per heavy atom. The number of hydrogen-bond donors (Lipinski definition) is 2. The summed E-state index contributed by atoms with van der Waals surface area (Å²) >= 11 is 0. The molecule has 1 fully saturated rings. The van der Waals surface area contributed by atoms with E-state index in [1.54, 1.807) is 12.1 Å². The molecule has 2 N–H and O–H groups in total. The van der Waals surface area contributed by atoms with Gasteiger partial charge in [0.1, 0.15) is 0 Å². The minimum absolute atomic E-state index is 0. The van der Waals surface area contributed by atoms with Gasteiger partial charge in [-0.15, -0.1) is 12.4 Å². The van der Waals surface area contributed by atoms with E-state index in [9.17, 15) is 9.59 Å². The number of rotatable bonds is 4. The third-order valence-corrected chi connectivity index (χ3v) is 3.87. The van der Waals surface area contributed by atoms with Gasteiger partial charge < -0.3 is 15.4 Å². The molecule has 1 aliphatic heterocycles. The maximum Gasteiger partial charge on any atom is 0.337 e. The predicted molar refractivity (Wildman–Crippen MR) is 88.6 cm³/mol. The predicted octanol–water partition coefficient (Wildman–Crippen LogP) is 2.53. The van der Waals surface area contributed by atoms with Crippen LogP contribution >= 0.6 is 12.4 Å². The maximum absolute atomic E-state index is 12.1. The Kier molecular flexibility index (Phi) is 7.35. The number of amides is 1. The van der Waals surface area contributed by atoms with Gasteiger partial charge in [-0.1, -0.05) is 6.07 Å². The molecule has 6 heteroatoms. The highest BCUT2D eigenvalue weighted by Gasteiger charge is 2.17. The third kappa shape index (κ3) is 5.00. The topological polar surface area (TPSA) is 67.4 Å². The Hall–Kier alpha value is -1.59. The lowest BCUT2D eigenvalue weighted by Crippen LogP contribution is -2.30. The number of ether oxygens (including phenoxy) is 1. The molecule has 1 amide bonds. The molecule has 1 aliphatic rings. The highest BCUT2D eigenvalue weighted by Crippen LogP contribution is 2.20. The van der Waals surface area contributed by atoms with Crippen molar-refractivity contribution in [2.45, 2.75) is 26.2 Å². The Labute approximate surface area is 137 Å². The second-order valence-electron chi connectivity index (χ2n) is 5.47. The number of anilines is 1. The summed E-state index contributed by atoms with van der Waals surface area (Å²) in [5.41, 5.74) is 2.05. The van der Waals surface area contributed by atoms with Gasteiger partial charge in [-0.05, 0) is 56.5 Å². The number of aryl methyl sites for hydroxylation is 1. The van der Waals surface area contributed by atoms with E-state index in [0.29, 0.717) is 23.6 Å². The van der Waals surface area contributed by atoms with E-state index in [-0.39, 0.29) is 18.3 Å². The van der Waals surface area contributed by atoms with Gasteiger partial charge in [-0.3, -0.25) is 4.79 Å². The molecule has 0 aliphatic carbocycles. The molecule has 0 spiro atoms. The van der Waals surface area contributed by atoms with Gasteiger partial charge in [0.05, 0.1) is 12.7 Å². The van der Waals surface area contributed by atoms with Crippen molar-refractivity contribution in [1.29, 1.82) is 0 Å². The number of benzene rings is 1. The molecule has 0 aromatic heterocycles.